The number of hydrogen-bond donors (Lipinski definition) is 0. The minimum absolute atomic E-state index is 0.0630. The van der Waals surface area contributed by atoms with E-state index in [1.165, 1.54) is 0 Å². The normalized spacial score (nSPS) is 12.2. The molecule has 2 aromatic rings. The number of benzene rings is 1. The van der Waals surface area contributed by atoms with E-state index in [2.05, 4.69) is 19.7 Å². The first-order chi connectivity index (χ1) is 10.0. The Hall–Kier alpha value is -2.18. The maximum Gasteiger partial charge on any atom is 0.471 e. The molecular weight excluding hydrogens is 283 g/mol. The lowest BCUT2D eigenvalue weighted by molar-refractivity contribution is -0.159. The Bertz CT molecular complexity index is 603. The van der Waals surface area contributed by atoms with E-state index in [4.69, 9.17) is 0 Å². The highest BCUT2D eigenvalue weighted by atomic mass is 19.4. The first kappa shape index (κ1) is 15.2. The highest BCUT2D eigenvalue weighted by Crippen LogP contribution is 2.29. The van der Waals surface area contributed by atoms with Crippen LogP contribution in [-0.4, -0.2) is 23.4 Å². The highest BCUT2D eigenvalue weighted by molar-refractivity contribution is 5.57. The topological polar surface area (TPSA) is 51.3 Å². The molecule has 1 aromatic carbocycles. The van der Waals surface area contributed by atoms with Crippen LogP contribution in [0.5, 0.6) is 0 Å². The number of rotatable bonds is 5. The summed E-state index contributed by atoms with van der Waals surface area (Å²) in [7, 11) is 1.73. The van der Waals surface area contributed by atoms with Gasteiger partial charge in [-0.25, -0.2) is 0 Å². The molecule has 0 amide bonds. The van der Waals surface area contributed by atoms with Crippen LogP contribution >= 0.6 is 0 Å². The molecule has 0 saturated carbocycles. The zero-order valence-corrected chi connectivity index (χ0v) is 11.4. The molecule has 0 N–H and O–H groups in total. The molecule has 0 unspecified atom stereocenters. The summed E-state index contributed by atoms with van der Waals surface area (Å²) >= 11 is 0. The lowest BCUT2D eigenvalue weighted by Crippen LogP contribution is -2.04. The average molecular weight is 297 g/mol. The van der Waals surface area contributed by atoms with Crippen LogP contribution in [-0.2, 0) is 12.6 Å². The van der Waals surface area contributed by atoms with E-state index in [0.717, 1.165) is 24.8 Å². The fourth-order valence-electron chi connectivity index (χ4n) is 1.80. The molecule has 0 atom stereocenters. The van der Waals surface area contributed by atoms with Crippen molar-refractivity contribution in [2.75, 3.05) is 7.05 Å². The SMILES string of the molecule is CN=CCCCc1ccc(-c2noc(C(F)(F)F)n2)cc1. The second kappa shape index (κ2) is 6.51. The van der Waals surface area contributed by atoms with E-state index in [9.17, 15) is 13.2 Å². The van der Waals surface area contributed by atoms with Crippen LogP contribution in [0.1, 0.15) is 24.3 Å². The molecule has 0 aliphatic carbocycles. The summed E-state index contributed by atoms with van der Waals surface area (Å²) in [6.07, 6.45) is -0.0140. The Balaban J connectivity index is 2.03. The quantitative estimate of drug-likeness (QED) is 0.623. The maximum atomic E-state index is 12.4. The van der Waals surface area contributed by atoms with Gasteiger partial charge in [0.05, 0.1) is 0 Å². The van der Waals surface area contributed by atoms with Crippen molar-refractivity contribution in [2.24, 2.45) is 4.99 Å². The molecule has 0 spiro atoms. The van der Waals surface area contributed by atoms with E-state index in [-0.39, 0.29) is 5.82 Å². The third-order valence-electron chi connectivity index (χ3n) is 2.86. The molecule has 1 heterocycles. The van der Waals surface area contributed by atoms with Crippen LogP contribution in [0.4, 0.5) is 13.2 Å². The third kappa shape index (κ3) is 4.14. The first-order valence-corrected chi connectivity index (χ1v) is 6.41. The molecule has 7 heteroatoms. The van der Waals surface area contributed by atoms with Crippen molar-refractivity contribution < 1.29 is 17.7 Å². The third-order valence-corrected chi connectivity index (χ3v) is 2.86. The Morgan fingerprint density at radius 1 is 1.24 bits per heavy atom. The van der Waals surface area contributed by atoms with Gasteiger partial charge in [0, 0.05) is 12.6 Å². The smallest absolute Gasteiger partial charge is 0.329 e. The Morgan fingerprint density at radius 3 is 2.52 bits per heavy atom. The number of halogens is 3. The summed E-state index contributed by atoms with van der Waals surface area (Å²) in [6.45, 7) is 0. The number of hydrogen-bond acceptors (Lipinski definition) is 4. The molecule has 4 nitrogen and oxygen atoms in total. The molecular formula is C14H14F3N3O. The van der Waals surface area contributed by atoms with Gasteiger partial charge in [-0.2, -0.15) is 18.2 Å². The van der Waals surface area contributed by atoms with Crippen LogP contribution in [0.3, 0.4) is 0 Å². The summed E-state index contributed by atoms with van der Waals surface area (Å²) in [4.78, 5) is 7.25. The summed E-state index contributed by atoms with van der Waals surface area (Å²) in [5.41, 5.74) is 1.59. The molecule has 112 valence electrons. The van der Waals surface area contributed by atoms with Crippen LogP contribution < -0.4 is 0 Å². The predicted molar refractivity (Wildman–Crippen MR) is 72.1 cm³/mol. The summed E-state index contributed by atoms with van der Waals surface area (Å²) in [5, 5.41) is 3.35. The summed E-state index contributed by atoms with van der Waals surface area (Å²) < 4.78 is 41.3. The van der Waals surface area contributed by atoms with Crippen molar-refractivity contribution >= 4 is 6.21 Å². The first-order valence-electron chi connectivity index (χ1n) is 6.41. The standard InChI is InChI=1S/C14H14F3N3O/c1-18-9-3-2-4-10-5-7-11(8-6-10)12-19-13(21-20-12)14(15,16)17/h5-9H,2-4H2,1H3. The molecule has 0 aliphatic rings. The zero-order chi connectivity index (χ0) is 15.3. The van der Waals surface area contributed by atoms with Gasteiger partial charge in [0.15, 0.2) is 0 Å². The van der Waals surface area contributed by atoms with Crippen LogP contribution in [0.25, 0.3) is 11.4 Å². The number of aromatic nitrogens is 2. The molecule has 2 rings (SSSR count). The maximum absolute atomic E-state index is 12.4. The van der Waals surface area contributed by atoms with Gasteiger partial charge in [0.1, 0.15) is 0 Å². The van der Waals surface area contributed by atoms with Crippen molar-refractivity contribution in [3.05, 3.63) is 35.7 Å². The van der Waals surface area contributed by atoms with Gasteiger partial charge in [0.25, 0.3) is 0 Å². The van der Waals surface area contributed by atoms with Crippen LogP contribution in [0.2, 0.25) is 0 Å². The molecule has 0 radical (unpaired) electrons. The monoisotopic (exact) mass is 297 g/mol. The van der Waals surface area contributed by atoms with Gasteiger partial charge in [-0.15, -0.1) is 0 Å². The van der Waals surface area contributed by atoms with Crippen molar-refractivity contribution in [3.63, 3.8) is 0 Å². The molecule has 21 heavy (non-hydrogen) atoms. The number of aryl methyl sites for hydroxylation is 1. The lowest BCUT2D eigenvalue weighted by atomic mass is 10.1. The predicted octanol–water partition coefficient (Wildman–Crippen LogP) is 3.78. The highest BCUT2D eigenvalue weighted by Gasteiger charge is 2.38. The second-order valence-electron chi connectivity index (χ2n) is 4.45. The van der Waals surface area contributed by atoms with Crippen molar-refractivity contribution in [2.45, 2.75) is 25.4 Å². The molecule has 0 bridgehead atoms. The van der Waals surface area contributed by atoms with Gasteiger partial charge in [-0.05, 0) is 31.0 Å². The van der Waals surface area contributed by atoms with Crippen molar-refractivity contribution in [1.29, 1.82) is 0 Å². The summed E-state index contributed by atoms with van der Waals surface area (Å²) in [5.74, 6) is -1.40. The van der Waals surface area contributed by atoms with E-state index < -0.39 is 12.1 Å². The van der Waals surface area contributed by atoms with E-state index in [0.29, 0.717) is 5.56 Å². The van der Waals surface area contributed by atoms with Crippen molar-refractivity contribution in [3.8, 4) is 11.4 Å². The van der Waals surface area contributed by atoms with Gasteiger partial charge >= 0.3 is 12.1 Å². The van der Waals surface area contributed by atoms with Gasteiger partial charge < -0.3 is 9.52 Å². The Labute approximate surface area is 119 Å². The largest absolute Gasteiger partial charge is 0.471 e. The summed E-state index contributed by atoms with van der Waals surface area (Å²) in [6, 6.07) is 7.08. The van der Waals surface area contributed by atoms with E-state index in [1.807, 2.05) is 18.3 Å². The number of unbranched alkanes of at least 4 members (excludes halogenated alkanes) is 1. The number of nitrogens with zero attached hydrogens (tertiary/aromatic N) is 3. The number of aliphatic imine (C=N–C) groups is 1. The van der Waals surface area contributed by atoms with Gasteiger partial charge in [-0.3, -0.25) is 0 Å². The lowest BCUT2D eigenvalue weighted by Gasteiger charge is -2.00. The minimum atomic E-state index is -4.62. The molecule has 0 fully saturated rings. The molecule has 1 aromatic heterocycles. The average Bonchev–Trinajstić information content (AvgIpc) is 2.94. The Morgan fingerprint density at radius 2 is 1.95 bits per heavy atom. The van der Waals surface area contributed by atoms with Gasteiger partial charge in [-0.1, -0.05) is 29.4 Å². The van der Waals surface area contributed by atoms with Crippen LogP contribution in [0, 0.1) is 0 Å². The van der Waals surface area contributed by atoms with Gasteiger partial charge in [0.2, 0.25) is 5.82 Å². The fraction of sp³-hybridized carbons (Fsp3) is 0.357. The molecule has 0 saturated heterocycles. The minimum Gasteiger partial charge on any atom is -0.329 e. The fourth-order valence-corrected chi connectivity index (χ4v) is 1.80. The van der Waals surface area contributed by atoms with E-state index >= 15 is 0 Å². The van der Waals surface area contributed by atoms with Crippen LogP contribution in [0.15, 0.2) is 33.8 Å². The number of alkyl halides is 3. The van der Waals surface area contributed by atoms with E-state index in [1.54, 1.807) is 19.2 Å². The zero-order valence-electron chi connectivity index (χ0n) is 11.4. The second-order valence-corrected chi connectivity index (χ2v) is 4.45. The van der Waals surface area contributed by atoms with Crippen molar-refractivity contribution in [1.82, 2.24) is 10.1 Å². The molecule has 0 aliphatic heterocycles. The Kier molecular flexibility index (Phi) is 4.72.